The number of nitrogens with one attached hydrogen (secondary N) is 2. The van der Waals surface area contributed by atoms with Crippen molar-refractivity contribution < 1.29 is 13.2 Å². The zero-order valence-electron chi connectivity index (χ0n) is 17.0. The van der Waals surface area contributed by atoms with Gasteiger partial charge in [0.25, 0.3) is 0 Å². The van der Waals surface area contributed by atoms with E-state index in [4.69, 9.17) is 0 Å². The van der Waals surface area contributed by atoms with Crippen LogP contribution in [-0.4, -0.2) is 36.6 Å². The van der Waals surface area contributed by atoms with Crippen molar-refractivity contribution in [2.45, 2.75) is 41.6 Å². The van der Waals surface area contributed by atoms with Gasteiger partial charge >= 0.3 is 0 Å². The lowest BCUT2D eigenvalue weighted by atomic mass is 10.1. The third-order valence-corrected chi connectivity index (χ3v) is 7.31. The first-order valence-corrected chi connectivity index (χ1v) is 12.3. The summed E-state index contributed by atoms with van der Waals surface area (Å²) in [5.74, 6) is 0.411. The van der Waals surface area contributed by atoms with Crippen LogP contribution in [0, 0.1) is 6.92 Å². The number of thioether (sulfide) groups is 1. The van der Waals surface area contributed by atoms with Crippen molar-refractivity contribution in [2.24, 2.45) is 0 Å². The maximum Gasteiger partial charge on any atom is 0.230 e. The van der Waals surface area contributed by atoms with Crippen molar-refractivity contribution in [3.8, 4) is 11.4 Å². The van der Waals surface area contributed by atoms with Crippen LogP contribution in [-0.2, 0) is 14.6 Å². The monoisotopic (exact) mass is 443 g/mol. The lowest BCUT2D eigenvalue weighted by Crippen LogP contribution is -2.26. The summed E-state index contributed by atoms with van der Waals surface area (Å²) in [4.78, 5) is 19.8. The molecule has 1 amide bonds. The van der Waals surface area contributed by atoms with Gasteiger partial charge in [-0.1, -0.05) is 73.1 Å². The molecule has 30 heavy (non-hydrogen) atoms. The number of amides is 1. The van der Waals surface area contributed by atoms with Gasteiger partial charge in [-0.25, -0.2) is 13.4 Å². The van der Waals surface area contributed by atoms with Crippen LogP contribution in [0.25, 0.3) is 11.4 Å². The van der Waals surface area contributed by atoms with E-state index in [0.29, 0.717) is 17.4 Å². The molecule has 0 aliphatic heterocycles. The van der Waals surface area contributed by atoms with Crippen molar-refractivity contribution >= 4 is 27.5 Å². The minimum Gasteiger partial charge on any atom is -0.355 e. The summed E-state index contributed by atoms with van der Waals surface area (Å²) in [5, 5.41) is 3.14. The highest BCUT2D eigenvalue weighted by atomic mass is 32.2. The summed E-state index contributed by atoms with van der Waals surface area (Å²) in [7, 11) is -3.80. The minimum atomic E-state index is -3.80. The molecule has 2 N–H and O–H groups in total. The third-order valence-electron chi connectivity index (χ3n) is 4.48. The van der Waals surface area contributed by atoms with Crippen LogP contribution in [0.15, 0.2) is 69.5 Å². The average Bonchev–Trinajstić information content (AvgIpc) is 3.19. The van der Waals surface area contributed by atoms with Gasteiger partial charge in [-0.2, -0.15) is 0 Å². The molecule has 0 atom stereocenters. The molecule has 0 bridgehead atoms. The Kier molecular flexibility index (Phi) is 7.33. The normalized spacial score (nSPS) is 11.4. The predicted octanol–water partition coefficient (Wildman–Crippen LogP) is 4.23. The van der Waals surface area contributed by atoms with Crippen molar-refractivity contribution in [2.75, 3.05) is 12.3 Å². The van der Waals surface area contributed by atoms with Gasteiger partial charge in [0.15, 0.2) is 5.03 Å². The Hall–Kier alpha value is -2.58. The highest BCUT2D eigenvalue weighted by Crippen LogP contribution is 2.32. The molecule has 2 aromatic carbocycles. The fraction of sp³-hybridized carbons (Fsp3) is 0.273. The Bertz CT molecular complexity index is 1090. The standard InChI is InChI=1S/C22H25N3O3S2/c1-3-4-14-23-19(26)15-29-21-22(30(27,28)18-8-6-5-7-9-18)25-20(24-21)17-12-10-16(2)11-13-17/h5-13H,3-4,14-15H2,1-2H3,(H,23,26)(H,24,25). The van der Waals surface area contributed by atoms with Crippen LogP contribution in [0.1, 0.15) is 25.3 Å². The predicted molar refractivity (Wildman–Crippen MR) is 119 cm³/mol. The number of carbonyl (C=O) groups is 1. The highest BCUT2D eigenvalue weighted by Gasteiger charge is 2.26. The summed E-state index contributed by atoms with van der Waals surface area (Å²) in [6, 6.07) is 15.9. The number of unbranched alkanes of at least 4 members (excludes halogenated alkanes) is 1. The number of sulfone groups is 1. The second-order valence-corrected chi connectivity index (χ2v) is 9.74. The number of aromatic amines is 1. The lowest BCUT2D eigenvalue weighted by molar-refractivity contribution is -0.118. The van der Waals surface area contributed by atoms with Gasteiger partial charge in [-0.15, -0.1) is 0 Å². The van der Waals surface area contributed by atoms with Crippen LogP contribution in [0.3, 0.4) is 0 Å². The van der Waals surface area contributed by atoms with Crippen LogP contribution in [0.4, 0.5) is 0 Å². The van der Waals surface area contributed by atoms with E-state index in [1.165, 1.54) is 0 Å². The van der Waals surface area contributed by atoms with Gasteiger partial charge in [0.2, 0.25) is 15.7 Å². The summed E-state index contributed by atoms with van der Waals surface area (Å²) in [5.41, 5.74) is 1.88. The van der Waals surface area contributed by atoms with Crippen molar-refractivity contribution in [1.82, 2.24) is 15.3 Å². The third kappa shape index (κ3) is 5.31. The molecule has 0 fully saturated rings. The Balaban J connectivity index is 1.93. The van der Waals surface area contributed by atoms with E-state index in [2.05, 4.69) is 22.2 Å². The number of aromatic nitrogens is 2. The molecule has 0 radical (unpaired) electrons. The molecule has 8 heteroatoms. The lowest BCUT2D eigenvalue weighted by Gasteiger charge is -2.05. The molecule has 1 heterocycles. The molecule has 1 aromatic heterocycles. The van der Waals surface area contributed by atoms with Crippen LogP contribution < -0.4 is 5.32 Å². The number of rotatable bonds is 9. The van der Waals surface area contributed by atoms with Gasteiger partial charge in [0.05, 0.1) is 10.6 Å². The van der Waals surface area contributed by atoms with E-state index in [1.807, 2.05) is 31.2 Å². The zero-order chi connectivity index (χ0) is 21.6. The van der Waals surface area contributed by atoms with Crippen molar-refractivity contribution in [3.63, 3.8) is 0 Å². The SMILES string of the molecule is CCCCNC(=O)CSc1nc(-c2ccc(C)cc2)[nH]c1S(=O)(=O)c1ccccc1. The van der Waals surface area contributed by atoms with E-state index in [1.54, 1.807) is 30.3 Å². The molecule has 3 rings (SSSR count). The number of H-pyrrole nitrogens is 1. The van der Waals surface area contributed by atoms with Crippen molar-refractivity contribution in [1.29, 1.82) is 0 Å². The molecule has 0 unspecified atom stereocenters. The summed E-state index contributed by atoms with van der Waals surface area (Å²) >= 11 is 1.12. The van der Waals surface area contributed by atoms with E-state index in [9.17, 15) is 13.2 Å². The van der Waals surface area contributed by atoms with Crippen LogP contribution in [0.2, 0.25) is 0 Å². The molecule has 3 aromatic rings. The second-order valence-electron chi connectivity index (χ2n) is 6.89. The van der Waals surface area contributed by atoms with Gasteiger partial charge in [-0.3, -0.25) is 4.79 Å². The maximum atomic E-state index is 13.2. The fourth-order valence-electron chi connectivity index (χ4n) is 2.78. The largest absolute Gasteiger partial charge is 0.355 e. The molecule has 0 saturated carbocycles. The molecule has 158 valence electrons. The average molecular weight is 444 g/mol. The highest BCUT2D eigenvalue weighted by molar-refractivity contribution is 8.00. The Morgan fingerprint density at radius 1 is 1.10 bits per heavy atom. The molecule has 0 saturated heterocycles. The number of benzene rings is 2. The van der Waals surface area contributed by atoms with E-state index in [-0.39, 0.29) is 21.6 Å². The zero-order valence-corrected chi connectivity index (χ0v) is 18.6. The topological polar surface area (TPSA) is 91.9 Å². The molecular weight excluding hydrogens is 418 g/mol. The van der Waals surface area contributed by atoms with Gasteiger partial charge < -0.3 is 10.3 Å². The molecule has 0 spiro atoms. The number of imidazole rings is 1. The molecule has 6 nitrogen and oxygen atoms in total. The van der Waals surface area contributed by atoms with Crippen molar-refractivity contribution in [3.05, 3.63) is 60.2 Å². The quantitative estimate of drug-likeness (QED) is 0.381. The first-order valence-electron chi connectivity index (χ1n) is 9.78. The second kappa shape index (κ2) is 9.95. The number of hydrogen-bond donors (Lipinski definition) is 2. The van der Waals surface area contributed by atoms with E-state index >= 15 is 0 Å². The molecule has 0 aliphatic carbocycles. The van der Waals surface area contributed by atoms with Crippen LogP contribution >= 0.6 is 11.8 Å². The molecular formula is C22H25N3O3S2. The van der Waals surface area contributed by atoms with Gasteiger partial charge in [-0.05, 0) is 25.5 Å². The summed E-state index contributed by atoms with van der Waals surface area (Å²) in [6.07, 6.45) is 1.90. The summed E-state index contributed by atoms with van der Waals surface area (Å²) < 4.78 is 26.4. The first-order chi connectivity index (χ1) is 14.4. The van der Waals surface area contributed by atoms with Gasteiger partial charge in [0, 0.05) is 12.1 Å². The molecule has 0 aliphatic rings. The Morgan fingerprint density at radius 2 is 1.80 bits per heavy atom. The Morgan fingerprint density at radius 3 is 2.47 bits per heavy atom. The number of hydrogen-bond acceptors (Lipinski definition) is 5. The Labute approximate surface area is 181 Å². The summed E-state index contributed by atoms with van der Waals surface area (Å²) in [6.45, 7) is 4.65. The number of carbonyl (C=O) groups excluding carboxylic acids is 1. The minimum absolute atomic E-state index is 0.00985. The van der Waals surface area contributed by atoms with E-state index in [0.717, 1.165) is 35.7 Å². The fourth-order valence-corrected chi connectivity index (χ4v) is 5.25. The van der Waals surface area contributed by atoms with Gasteiger partial charge in [0.1, 0.15) is 10.9 Å². The smallest absolute Gasteiger partial charge is 0.230 e. The first kappa shape index (κ1) is 22.1. The number of aryl methyl sites for hydroxylation is 1. The maximum absolute atomic E-state index is 13.2. The van der Waals surface area contributed by atoms with E-state index < -0.39 is 9.84 Å². The number of nitrogens with zero attached hydrogens (tertiary/aromatic N) is 1. The van der Waals surface area contributed by atoms with Crippen LogP contribution in [0.5, 0.6) is 0 Å².